The normalized spacial score (nSPS) is 13.2. The molecule has 0 amide bonds. The van der Waals surface area contributed by atoms with Gasteiger partial charge in [0.05, 0.1) is 0 Å². The minimum absolute atomic E-state index is 0.285. The van der Waals surface area contributed by atoms with Gasteiger partial charge >= 0.3 is 0 Å². The van der Waals surface area contributed by atoms with Gasteiger partial charge in [-0.15, -0.1) is 0 Å². The third-order valence-corrected chi connectivity index (χ3v) is 5.59. The zero-order valence-electron chi connectivity index (χ0n) is 17.9. The highest BCUT2D eigenvalue weighted by Gasteiger charge is 2.05. The van der Waals surface area contributed by atoms with Crippen molar-refractivity contribution in [3.05, 3.63) is 84.4 Å². The van der Waals surface area contributed by atoms with Crippen molar-refractivity contribution in [2.45, 2.75) is 51.6 Å². The van der Waals surface area contributed by atoms with E-state index in [0.717, 1.165) is 19.3 Å². The van der Waals surface area contributed by atoms with E-state index in [9.17, 15) is 0 Å². The van der Waals surface area contributed by atoms with Crippen molar-refractivity contribution in [3.8, 4) is 0 Å². The summed E-state index contributed by atoms with van der Waals surface area (Å²) in [5.41, 5.74) is 11.2. The summed E-state index contributed by atoms with van der Waals surface area (Å²) >= 11 is 0. The molecule has 0 fully saturated rings. The van der Waals surface area contributed by atoms with Crippen molar-refractivity contribution in [2.24, 2.45) is 5.73 Å². The maximum Gasteiger partial charge on any atom is 0.0452 e. The van der Waals surface area contributed by atoms with E-state index in [4.69, 9.17) is 5.73 Å². The molecule has 0 radical (unpaired) electrons. The molecule has 2 unspecified atom stereocenters. The number of aromatic nitrogens is 2. The lowest BCUT2D eigenvalue weighted by Gasteiger charge is -2.13. The summed E-state index contributed by atoms with van der Waals surface area (Å²) in [6, 6.07) is 18.1. The monoisotopic (exact) mass is 390 g/mol. The molecule has 154 valence electrons. The standard InChI is InChI=1S/C13H18N2.C12H16N2/c1-3-12(14-2)9-11-6-8-15-7-4-5-13(15)10-11;1-2-11(13)8-10-5-7-14-6-3-4-12(14)9-10/h4-8,10,12,14H,3,9H2,1-2H3;3-7,9,11H,2,8,13H2,1H3. The first kappa shape index (κ1) is 21.2. The number of nitrogens with zero attached hydrogens (tertiary/aromatic N) is 2. The lowest BCUT2D eigenvalue weighted by atomic mass is 10.1. The summed E-state index contributed by atoms with van der Waals surface area (Å²) in [7, 11) is 2.03. The molecule has 4 rings (SSSR count). The zero-order chi connectivity index (χ0) is 20.6. The van der Waals surface area contributed by atoms with Crippen LogP contribution in [0.3, 0.4) is 0 Å². The molecule has 0 aromatic carbocycles. The van der Waals surface area contributed by atoms with Gasteiger partial charge in [-0.05, 0) is 92.4 Å². The quantitative estimate of drug-likeness (QED) is 0.480. The van der Waals surface area contributed by atoms with Crippen molar-refractivity contribution in [3.63, 3.8) is 0 Å². The van der Waals surface area contributed by atoms with E-state index in [0.29, 0.717) is 6.04 Å². The molecule has 0 saturated carbocycles. The van der Waals surface area contributed by atoms with Crippen LogP contribution in [-0.2, 0) is 12.8 Å². The summed E-state index contributed by atoms with van der Waals surface area (Å²) in [6.07, 6.45) is 12.6. The Labute approximate surface area is 174 Å². The van der Waals surface area contributed by atoms with Crippen molar-refractivity contribution >= 4 is 11.0 Å². The Bertz CT molecular complexity index is 1010. The summed E-state index contributed by atoms with van der Waals surface area (Å²) in [5, 5.41) is 3.34. The zero-order valence-corrected chi connectivity index (χ0v) is 17.9. The van der Waals surface area contributed by atoms with Gasteiger partial charge in [0.15, 0.2) is 0 Å². The van der Waals surface area contributed by atoms with Crippen LogP contribution in [0.25, 0.3) is 11.0 Å². The van der Waals surface area contributed by atoms with Crippen molar-refractivity contribution in [2.75, 3.05) is 7.05 Å². The second-order valence-electron chi connectivity index (χ2n) is 7.72. The minimum atomic E-state index is 0.285. The number of nitrogens with one attached hydrogen (secondary N) is 1. The van der Waals surface area contributed by atoms with Crippen molar-refractivity contribution in [1.82, 2.24) is 14.1 Å². The van der Waals surface area contributed by atoms with E-state index in [2.05, 4.69) is 101 Å². The predicted octanol–water partition coefficient (Wildman–Crippen LogP) is 4.70. The molecule has 0 spiro atoms. The molecule has 0 saturated heterocycles. The number of rotatable bonds is 7. The molecule has 4 heterocycles. The van der Waals surface area contributed by atoms with Crippen LogP contribution in [0.4, 0.5) is 0 Å². The Balaban J connectivity index is 0.000000166. The van der Waals surface area contributed by atoms with Gasteiger partial charge in [0.1, 0.15) is 0 Å². The largest absolute Gasteiger partial charge is 0.327 e. The molecule has 0 bridgehead atoms. The van der Waals surface area contributed by atoms with Crippen molar-refractivity contribution < 1.29 is 0 Å². The molecule has 4 aromatic heterocycles. The number of hydrogen-bond acceptors (Lipinski definition) is 2. The fourth-order valence-corrected chi connectivity index (χ4v) is 3.59. The molecule has 4 nitrogen and oxygen atoms in total. The number of nitrogens with two attached hydrogens (primary N) is 1. The Hall–Kier alpha value is -2.56. The van der Waals surface area contributed by atoms with Gasteiger partial charge in [0.25, 0.3) is 0 Å². The van der Waals surface area contributed by atoms with Crippen LogP contribution in [0.2, 0.25) is 0 Å². The van der Waals surface area contributed by atoms with Crippen LogP contribution in [0.1, 0.15) is 37.8 Å². The van der Waals surface area contributed by atoms with E-state index in [-0.39, 0.29) is 6.04 Å². The number of fused-ring (bicyclic) bond motifs is 2. The molecule has 2 atom stereocenters. The van der Waals surface area contributed by atoms with Gasteiger partial charge in [-0.1, -0.05) is 13.8 Å². The highest BCUT2D eigenvalue weighted by molar-refractivity contribution is 5.50. The lowest BCUT2D eigenvalue weighted by Crippen LogP contribution is -2.26. The van der Waals surface area contributed by atoms with Crippen molar-refractivity contribution in [1.29, 1.82) is 0 Å². The van der Waals surface area contributed by atoms with Gasteiger partial charge in [0, 0.05) is 47.9 Å². The summed E-state index contributed by atoms with van der Waals surface area (Å²) < 4.78 is 4.25. The molecule has 0 aliphatic rings. The Kier molecular flexibility index (Phi) is 7.50. The minimum Gasteiger partial charge on any atom is -0.327 e. The molecular formula is C25H34N4. The van der Waals surface area contributed by atoms with Crippen LogP contribution >= 0.6 is 0 Å². The Morgan fingerprint density at radius 1 is 0.793 bits per heavy atom. The lowest BCUT2D eigenvalue weighted by molar-refractivity contribution is 0.543. The molecular weight excluding hydrogens is 356 g/mol. The maximum atomic E-state index is 5.92. The van der Waals surface area contributed by atoms with Crippen LogP contribution in [0.5, 0.6) is 0 Å². The summed E-state index contributed by atoms with van der Waals surface area (Å²) in [4.78, 5) is 0. The van der Waals surface area contributed by atoms with Gasteiger partial charge in [-0.2, -0.15) is 0 Å². The summed E-state index contributed by atoms with van der Waals surface area (Å²) in [5.74, 6) is 0. The van der Waals surface area contributed by atoms with E-state index >= 15 is 0 Å². The molecule has 29 heavy (non-hydrogen) atoms. The van der Waals surface area contributed by atoms with E-state index in [1.807, 2.05) is 7.05 Å². The first-order valence-corrected chi connectivity index (χ1v) is 10.7. The highest BCUT2D eigenvalue weighted by atomic mass is 14.9. The van der Waals surface area contributed by atoms with Gasteiger partial charge < -0.3 is 19.9 Å². The second-order valence-corrected chi connectivity index (χ2v) is 7.72. The van der Waals surface area contributed by atoms with Gasteiger partial charge in [0.2, 0.25) is 0 Å². The third-order valence-electron chi connectivity index (χ3n) is 5.59. The number of likely N-dealkylation sites (N-methyl/N-ethyl adjacent to an activating group) is 1. The van der Waals surface area contributed by atoms with E-state index in [1.165, 1.54) is 28.6 Å². The van der Waals surface area contributed by atoms with E-state index < -0.39 is 0 Å². The van der Waals surface area contributed by atoms with Crippen LogP contribution in [0.15, 0.2) is 73.3 Å². The van der Waals surface area contributed by atoms with Crippen LogP contribution in [0, 0.1) is 0 Å². The fourth-order valence-electron chi connectivity index (χ4n) is 3.59. The van der Waals surface area contributed by atoms with Crippen LogP contribution in [-0.4, -0.2) is 27.9 Å². The molecule has 4 aromatic rings. The molecule has 0 aliphatic carbocycles. The number of pyridine rings is 2. The molecule has 0 aliphatic heterocycles. The van der Waals surface area contributed by atoms with Gasteiger partial charge in [-0.25, -0.2) is 0 Å². The SMILES string of the molecule is CCC(Cc1ccn2cccc2c1)NC.CCC(N)Cc1ccn2cccc2c1. The average molecular weight is 391 g/mol. The smallest absolute Gasteiger partial charge is 0.0452 e. The molecule has 4 heteroatoms. The molecule has 3 N–H and O–H groups in total. The average Bonchev–Trinajstić information content (AvgIpc) is 3.40. The van der Waals surface area contributed by atoms with Crippen LogP contribution < -0.4 is 11.1 Å². The first-order valence-electron chi connectivity index (χ1n) is 10.7. The first-order chi connectivity index (χ1) is 14.1. The van der Waals surface area contributed by atoms with E-state index in [1.54, 1.807) is 0 Å². The van der Waals surface area contributed by atoms with Gasteiger partial charge in [-0.3, -0.25) is 0 Å². The Morgan fingerprint density at radius 2 is 1.34 bits per heavy atom. The number of hydrogen-bond donors (Lipinski definition) is 2. The third kappa shape index (κ3) is 5.72. The summed E-state index contributed by atoms with van der Waals surface area (Å²) in [6.45, 7) is 4.34. The second kappa shape index (κ2) is 10.3. The topological polar surface area (TPSA) is 46.9 Å². The predicted molar refractivity (Wildman–Crippen MR) is 124 cm³/mol. The fraction of sp³-hybridized carbons (Fsp3) is 0.360. The highest BCUT2D eigenvalue weighted by Crippen LogP contribution is 2.11. The maximum absolute atomic E-state index is 5.92. The Morgan fingerprint density at radius 3 is 1.83 bits per heavy atom.